The number of urea groups is 1. The second kappa shape index (κ2) is 7.29. The summed E-state index contributed by atoms with van der Waals surface area (Å²) in [6, 6.07) is 7.78. The molecule has 0 saturated carbocycles. The fourth-order valence-electron chi connectivity index (χ4n) is 2.48. The number of carbonyl (C=O) groups excluding carboxylic acids is 2. The van der Waals surface area contributed by atoms with E-state index in [0.717, 1.165) is 17.5 Å². The van der Waals surface area contributed by atoms with E-state index in [0.29, 0.717) is 26.2 Å². The number of hydrogen-bond acceptors (Lipinski definition) is 2. The highest BCUT2D eigenvalue weighted by molar-refractivity contribution is 5.94. The number of nitrogens with zero attached hydrogens (tertiary/aromatic N) is 2. The zero-order valence-electron chi connectivity index (χ0n) is 13.6. The van der Waals surface area contributed by atoms with Crippen LogP contribution in [0.4, 0.5) is 4.79 Å². The summed E-state index contributed by atoms with van der Waals surface area (Å²) in [7, 11) is 0. The average Bonchev–Trinajstić information content (AvgIpc) is 2.54. The van der Waals surface area contributed by atoms with Crippen LogP contribution in [0.2, 0.25) is 0 Å². The van der Waals surface area contributed by atoms with Crippen LogP contribution in [-0.4, -0.2) is 54.0 Å². The van der Waals surface area contributed by atoms with Crippen molar-refractivity contribution in [1.82, 2.24) is 15.1 Å². The monoisotopic (exact) mass is 303 g/mol. The number of aryl methyl sites for hydroxylation is 1. The van der Waals surface area contributed by atoms with Crippen molar-refractivity contribution in [3.8, 4) is 0 Å². The lowest BCUT2D eigenvalue weighted by molar-refractivity contribution is 0.0663. The highest BCUT2D eigenvalue weighted by Gasteiger charge is 2.25. The minimum atomic E-state index is -0.0306. The molecule has 2 rings (SSSR count). The molecule has 1 aliphatic heterocycles. The first-order valence-electron chi connectivity index (χ1n) is 7.92. The van der Waals surface area contributed by atoms with Crippen LogP contribution in [0.3, 0.4) is 0 Å². The molecule has 1 aromatic carbocycles. The third-order valence-corrected chi connectivity index (χ3v) is 4.10. The van der Waals surface area contributed by atoms with Gasteiger partial charge in [0.25, 0.3) is 5.91 Å². The number of piperazine rings is 1. The van der Waals surface area contributed by atoms with Crippen LogP contribution in [0.5, 0.6) is 0 Å². The molecule has 1 heterocycles. The Labute approximate surface area is 132 Å². The molecule has 5 nitrogen and oxygen atoms in total. The van der Waals surface area contributed by atoms with Gasteiger partial charge in [-0.2, -0.15) is 0 Å². The Morgan fingerprint density at radius 3 is 2.41 bits per heavy atom. The molecule has 120 valence electrons. The Kier molecular flexibility index (Phi) is 5.41. The van der Waals surface area contributed by atoms with Crippen molar-refractivity contribution in [2.75, 3.05) is 26.2 Å². The van der Waals surface area contributed by atoms with Crippen molar-refractivity contribution in [2.24, 2.45) is 0 Å². The summed E-state index contributed by atoms with van der Waals surface area (Å²) in [5.41, 5.74) is 1.80. The van der Waals surface area contributed by atoms with E-state index >= 15 is 0 Å². The molecule has 1 saturated heterocycles. The van der Waals surface area contributed by atoms with Crippen LogP contribution in [0.15, 0.2) is 24.3 Å². The third kappa shape index (κ3) is 4.00. The predicted molar refractivity (Wildman–Crippen MR) is 86.9 cm³/mol. The van der Waals surface area contributed by atoms with E-state index in [1.165, 1.54) is 0 Å². The number of benzene rings is 1. The van der Waals surface area contributed by atoms with Crippen LogP contribution in [0.25, 0.3) is 0 Å². The molecule has 0 bridgehead atoms. The standard InChI is InChI=1S/C17H25N3O2/c1-4-14(3)18-17(22)20-10-8-19(9-11-20)16(21)15-7-5-6-13(2)12-15/h5-7,12,14H,4,8-11H2,1-3H3,(H,18,22). The molecule has 0 aromatic heterocycles. The van der Waals surface area contributed by atoms with Gasteiger partial charge in [0, 0.05) is 37.8 Å². The molecule has 0 radical (unpaired) electrons. The number of amides is 3. The lowest BCUT2D eigenvalue weighted by Crippen LogP contribution is -2.54. The molecular formula is C17H25N3O2. The second-order valence-corrected chi connectivity index (χ2v) is 5.91. The van der Waals surface area contributed by atoms with Crippen LogP contribution in [0, 0.1) is 6.92 Å². The number of hydrogen-bond donors (Lipinski definition) is 1. The van der Waals surface area contributed by atoms with Crippen molar-refractivity contribution >= 4 is 11.9 Å². The third-order valence-electron chi connectivity index (χ3n) is 4.10. The Balaban J connectivity index is 1.89. The maximum absolute atomic E-state index is 12.5. The van der Waals surface area contributed by atoms with E-state index in [-0.39, 0.29) is 18.0 Å². The van der Waals surface area contributed by atoms with Crippen LogP contribution >= 0.6 is 0 Å². The molecule has 1 aliphatic rings. The SMILES string of the molecule is CCC(C)NC(=O)N1CCN(C(=O)c2cccc(C)c2)CC1. The molecule has 5 heteroatoms. The maximum Gasteiger partial charge on any atom is 0.317 e. The molecule has 1 aromatic rings. The quantitative estimate of drug-likeness (QED) is 0.931. The summed E-state index contributed by atoms with van der Waals surface area (Å²) < 4.78 is 0. The van der Waals surface area contributed by atoms with Gasteiger partial charge in [0.1, 0.15) is 0 Å². The lowest BCUT2D eigenvalue weighted by atomic mass is 10.1. The minimum absolute atomic E-state index is 0.0306. The molecule has 0 spiro atoms. The van der Waals surface area contributed by atoms with E-state index in [4.69, 9.17) is 0 Å². The molecule has 0 aliphatic carbocycles. The van der Waals surface area contributed by atoms with Gasteiger partial charge in [-0.1, -0.05) is 24.6 Å². The molecule has 1 fully saturated rings. The van der Waals surface area contributed by atoms with Gasteiger partial charge in [-0.3, -0.25) is 4.79 Å². The van der Waals surface area contributed by atoms with Gasteiger partial charge < -0.3 is 15.1 Å². The molecule has 3 amide bonds. The highest BCUT2D eigenvalue weighted by Crippen LogP contribution is 2.11. The topological polar surface area (TPSA) is 52.7 Å². The lowest BCUT2D eigenvalue weighted by Gasteiger charge is -2.35. The summed E-state index contributed by atoms with van der Waals surface area (Å²) >= 11 is 0. The number of nitrogens with one attached hydrogen (secondary N) is 1. The fourth-order valence-corrected chi connectivity index (χ4v) is 2.48. The minimum Gasteiger partial charge on any atom is -0.336 e. The number of rotatable bonds is 3. The molecule has 1 atom stereocenters. The zero-order chi connectivity index (χ0) is 16.1. The molecular weight excluding hydrogens is 278 g/mol. The summed E-state index contributed by atoms with van der Waals surface area (Å²) in [5, 5.41) is 2.97. The predicted octanol–water partition coefficient (Wildman–Crippen LogP) is 2.26. The maximum atomic E-state index is 12.5. The van der Waals surface area contributed by atoms with Gasteiger partial charge in [0.15, 0.2) is 0 Å². The van der Waals surface area contributed by atoms with Crippen molar-refractivity contribution in [2.45, 2.75) is 33.2 Å². The summed E-state index contributed by atoms with van der Waals surface area (Å²) in [4.78, 5) is 28.1. The number of carbonyl (C=O) groups is 2. The van der Waals surface area contributed by atoms with Gasteiger partial charge in [-0.15, -0.1) is 0 Å². The van der Waals surface area contributed by atoms with E-state index in [9.17, 15) is 9.59 Å². The summed E-state index contributed by atoms with van der Waals surface area (Å²) in [6.45, 7) is 8.35. The Morgan fingerprint density at radius 2 is 1.82 bits per heavy atom. The smallest absolute Gasteiger partial charge is 0.317 e. The largest absolute Gasteiger partial charge is 0.336 e. The van der Waals surface area contributed by atoms with E-state index in [1.54, 1.807) is 4.90 Å². The molecule has 1 N–H and O–H groups in total. The van der Waals surface area contributed by atoms with E-state index in [1.807, 2.05) is 49.9 Å². The van der Waals surface area contributed by atoms with Gasteiger partial charge >= 0.3 is 6.03 Å². The van der Waals surface area contributed by atoms with Crippen LogP contribution in [0.1, 0.15) is 36.2 Å². The second-order valence-electron chi connectivity index (χ2n) is 5.91. The van der Waals surface area contributed by atoms with Crippen molar-refractivity contribution < 1.29 is 9.59 Å². The van der Waals surface area contributed by atoms with Gasteiger partial charge in [0.05, 0.1) is 0 Å². The van der Waals surface area contributed by atoms with Gasteiger partial charge in [-0.25, -0.2) is 4.79 Å². The van der Waals surface area contributed by atoms with Crippen LogP contribution in [-0.2, 0) is 0 Å². The van der Waals surface area contributed by atoms with Crippen molar-refractivity contribution in [3.05, 3.63) is 35.4 Å². The van der Waals surface area contributed by atoms with Gasteiger partial charge in [0.2, 0.25) is 0 Å². The first-order chi connectivity index (χ1) is 10.5. The Hall–Kier alpha value is -2.04. The highest BCUT2D eigenvalue weighted by atomic mass is 16.2. The average molecular weight is 303 g/mol. The first-order valence-corrected chi connectivity index (χ1v) is 7.92. The van der Waals surface area contributed by atoms with E-state index in [2.05, 4.69) is 5.32 Å². The summed E-state index contributed by atoms with van der Waals surface area (Å²) in [5.74, 6) is 0.0469. The Bertz CT molecular complexity index is 536. The normalized spacial score (nSPS) is 16.3. The van der Waals surface area contributed by atoms with Crippen molar-refractivity contribution in [1.29, 1.82) is 0 Å². The summed E-state index contributed by atoms with van der Waals surface area (Å²) in [6.07, 6.45) is 0.914. The van der Waals surface area contributed by atoms with Crippen molar-refractivity contribution in [3.63, 3.8) is 0 Å². The molecule has 1 unspecified atom stereocenters. The first kappa shape index (κ1) is 16.3. The Morgan fingerprint density at radius 1 is 1.18 bits per heavy atom. The van der Waals surface area contributed by atoms with E-state index < -0.39 is 0 Å². The molecule has 22 heavy (non-hydrogen) atoms. The van der Waals surface area contributed by atoms with Gasteiger partial charge in [-0.05, 0) is 32.4 Å². The van der Waals surface area contributed by atoms with Crippen LogP contribution < -0.4 is 5.32 Å². The fraction of sp³-hybridized carbons (Fsp3) is 0.529. The zero-order valence-corrected chi connectivity index (χ0v) is 13.6.